The summed E-state index contributed by atoms with van der Waals surface area (Å²) in [5, 5.41) is 9.24. The van der Waals surface area contributed by atoms with Gasteiger partial charge < -0.3 is 14.6 Å². The summed E-state index contributed by atoms with van der Waals surface area (Å²) in [5.41, 5.74) is 1.10. The average Bonchev–Trinajstić information content (AvgIpc) is 2.46. The minimum absolute atomic E-state index is 0.146. The van der Waals surface area contributed by atoms with Crippen LogP contribution in [0.2, 0.25) is 0 Å². The summed E-state index contributed by atoms with van der Waals surface area (Å²) in [6.07, 6.45) is 0. The van der Waals surface area contributed by atoms with Gasteiger partial charge in [-0.25, -0.2) is 0 Å². The molecule has 0 aliphatic heterocycles. The van der Waals surface area contributed by atoms with Crippen molar-refractivity contribution < 1.29 is 19.4 Å². The maximum Gasteiger partial charge on any atom is 0.252 e. The molecule has 0 unspecified atom stereocenters. The van der Waals surface area contributed by atoms with Crippen molar-refractivity contribution in [1.82, 2.24) is 0 Å². The second-order valence-corrected chi connectivity index (χ2v) is 4.42. The average molecular weight is 293 g/mol. The van der Waals surface area contributed by atoms with E-state index in [2.05, 4.69) is 0 Å². The van der Waals surface area contributed by atoms with E-state index in [9.17, 15) is 9.90 Å². The summed E-state index contributed by atoms with van der Waals surface area (Å²) in [6.45, 7) is 0.277. The molecule has 1 N–H and O–H groups in total. The Morgan fingerprint density at radius 2 is 1.95 bits per heavy atom. The zero-order chi connectivity index (χ0) is 14.5. The van der Waals surface area contributed by atoms with Crippen LogP contribution in [0.15, 0.2) is 42.5 Å². The lowest BCUT2D eigenvalue weighted by Gasteiger charge is -2.13. The molecule has 0 fully saturated rings. The lowest BCUT2D eigenvalue weighted by atomic mass is 10.2. The molecule has 0 amide bonds. The fraction of sp³-hybridized carbons (Fsp3) is 0.133. The van der Waals surface area contributed by atoms with Crippen molar-refractivity contribution >= 4 is 16.8 Å². The predicted molar refractivity (Wildman–Crippen MR) is 75.6 cm³/mol. The molecule has 104 valence electrons. The van der Waals surface area contributed by atoms with Gasteiger partial charge >= 0.3 is 0 Å². The minimum Gasteiger partial charge on any atom is -0.504 e. The van der Waals surface area contributed by atoms with E-state index in [1.54, 1.807) is 0 Å². The quantitative estimate of drug-likeness (QED) is 0.859. The number of methoxy groups -OCH3 is 1. The van der Waals surface area contributed by atoms with Gasteiger partial charge in [-0.15, -0.1) is 0 Å². The predicted octanol–water partition coefficient (Wildman–Crippen LogP) is 3.36. The van der Waals surface area contributed by atoms with Crippen molar-refractivity contribution in [3.8, 4) is 17.2 Å². The zero-order valence-electron chi connectivity index (χ0n) is 10.8. The van der Waals surface area contributed by atoms with Crippen molar-refractivity contribution in [2.45, 2.75) is 6.61 Å². The highest BCUT2D eigenvalue weighted by Gasteiger charge is 2.15. The van der Waals surface area contributed by atoms with Crippen LogP contribution in [-0.2, 0) is 6.61 Å². The fourth-order valence-electron chi connectivity index (χ4n) is 1.73. The Labute approximate surface area is 121 Å². The number of ether oxygens (including phenoxy) is 2. The Bertz CT molecular complexity index is 611. The molecule has 0 heterocycles. The second kappa shape index (κ2) is 6.30. The number of aromatic hydroxyl groups is 1. The molecular weight excluding hydrogens is 280 g/mol. The van der Waals surface area contributed by atoms with E-state index in [1.165, 1.54) is 19.2 Å². The van der Waals surface area contributed by atoms with Crippen LogP contribution >= 0.6 is 11.6 Å². The summed E-state index contributed by atoms with van der Waals surface area (Å²) in [7, 11) is 1.42. The van der Waals surface area contributed by atoms with Gasteiger partial charge in [-0.05, 0) is 29.3 Å². The number of rotatable bonds is 5. The molecule has 0 aliphatic rings. The van der Waals surface area contributed by atoms with Gasteiger partial charge in [0.1, 0.15) is 6.61 Å². The summed E-state index contributed by atoms with van der Waals surface area (Å²) in [6, 6.07) is 12.2. The van der Waals surface area contributed by atoms with Crippen molar-refractivity contribution in [3.63, 3.8) is 0 Å². The largest absolute Gasteiger partial charge is 0.504 e. The van der Waals surface area contributed by atoms with Gasteiger partial charge in [-0.3, -0.25) is 4.79 Å². The minimum atomic E-state index is -0.673. The van der Waals surface area contributed by atoms with Crippen LogP contribution in [0, 0.1) is 0 Å². The van der Waals surface area contributed by atoms with Gasteiger partial charge in [0.2, 0.25) is 5.75 Å². The highest BCUT2D eigenvalue weighted by Crippen LogP contribution is 2.38. The molecule has 2 aromatic carbocycles. The Kier molecular flexibility index (Phi) is 4.48. The molecule has 0 aromatic heterocycles. The normalized spacial score (nSPS) is 10.1. The molecule has 5 heteroatoms. The molecule has 20 heavy (non-hydrogen) atoms. The third-order valence-electron chi connectivity index (χ3n) is 2.71. The lowest BCUT2D eigenvalue weighted by molar-refractivity contribution is 0.108. The maximum absolute atomic E-state index is 11.1. The van der Waals surface area contributed by atoms with E-state index in [1.807, 2.05) is 30.3 Å². The van der Waals surface area contributed by atoms with Gasteiger partial charge in [-0.2, -0.15) is 0 Å². The van der Waals surface area contributed by atoms with Gasteiger partial charge in [0.05, 0.1) is 7.11 Å². The molecule has 0 atom stereocenters. The van der Waals surface area contributed by atoms with E-state index >= 15 is 0 Å². The van der Waals surface area contributed by atoms with Gasteiger partial charge in [0.25, 0.3) is 5.24 Å². The number of hydrogen-bond acceptors (Lipinski definition) is 4. The number of carbonyl (C=O) groups excluding carboxylic acids is 1. The number of halogens is 1. The third kappa shape index (κ3) is 3.22. The number of carbonyl (C=O) groups is 1. The van der Waals surface area contributed by atoms with Crippen molar-refractivity contribution in [2.24, 2.45) is 0 Å². The highest BCUT2D eigenvalue weighted by atomic mass is 35.5. The third-order valence-corrected chi connectivity index (χ3v) is 2.93. The molecule has 4 nitrogen and oxygen atoms in total. The maximum atomic E-state index is 11.1. The van der Waals surface area contributed by atoms with E-state index in [-0.39, 0.29) is 29.4 Å². The SMILES string of the molecule is COc1cc(C(=O)Cl)cc(O)c1OCc1ccccc1. The van der Waals surface area contributed by atoms with Crippen molar-refractivity contribution in [3.05, 3.63) is 53.6 Å². The smallest absolute Gasteiger partial charge is 0.252 e. The second-order valence-electron chi connectivity index (χ2n) is 4.07. The van der Waals surface area contributed by atoms with Gasteiger partial charge in [0.15, 0.2) is 11.5 Å². The number of hydrogen-bond donors (Lipinski definition) is 1. The van der Waals surface area contributed by atoms with E-state index in [4.69, 9.17) is 21.1 Å². The van der Waals surface area contributed by atoms with E-state index < -0.39 is 5.24 Å². The van der Waals surface area contributed by atoms with Crippen LogP contribution in [-0.4, -0.2) is 17.5 Å². The number of phenolic OH excluding ortho intramolecular Hbond substituents is 1. The van der Waals surface area contributed by atoms with Gasteiger partial charge in [0, 0.05) is 5.56 Å². The Balaban J connectivity index is 2.25. The molecular formula is C15H13ClO4. The highest BCUT2D eigenvalue weighted by molar-refractivity contribution is 6.67. The fourth-order valence-corrected chi connectivity index (χ4v) is 1.84. The molecule has 2 aromatic rings. The Hall–Kier alpha value is -2.20. The van der Waals surface area contributed by atoms with Crippen LogP contribution in [0.3, 0.4) is 0 Å². The van der Waals surface area contributed by atoms with Crippen LogP contribution in [0.5, 0.6) is 17.2 Å². The van der Waals surface area contributed by atoms with E-state index in [0.717, 1.165) is 5.56 Å². The summed E-state index contributed by atoms with van der Waals surface area (Å²) < 4.78 is 10.7. The topological polar surface area (TPSA) is 55.8 Å². The standard InChI is InChI=1S/C15H13ClO4/c1-19-13-8-11(15(16)18)7-12(17)14(13)20-9-10-5-3-2-4-6-10/h2-8,17H,9H2,1H3. The number of phenols is 1. The van der Waals surface area contributed by atoms with Gasteiger partial charge in [-0.1, -0.05) is 30.3 Å². The molecule has 2 rings (SSSR count). The molecule has 0 bridgehead atoms. The first-order valence-electron chi connectivity index (χ1n) is 5.89. The summed E-state index contributed by atoms with van der Waals surface area (Å²) >= 11 is 5.38. The molecule has 0 aliphatic carbocycles. The first kappa shape index (κ1) is 14.2. The first-order chi connectivity index (χ1) is 9.61. The molecule has 0 saturated carbocycles. The van der Waals surface area contributed by atoms with Crippen LogP contribution in [0.25, 0.3) is 0 Å². The first-order valence-corrected chi connectivity index (χ1v) is 6.27. The zero-order valence-corrected chi connectivity index (χ0v) is 11.6. The summed E-state index contributed by atoms with van der Waals surface area (Å²) in [5.74, 6) is 0.243. The monoisotopic (exact) mass is 292 g/mol. The van der Waals surface area contributed by atoms with Crippen LogP contribution in [0.4, 0.5) is 0 Å². The molecule has 0 radical (unpaired) electrons. The van der Waals surface area contributed by atoms with Crippen molar-refractivity contribution in [1.29, 1.82) is 0 Å². The van der Waals surface area contributed by atoms with Crippen LogP contribution < -0.4 is 9.47 Å². The molecule has 0 spiro atoms. The Morgan fingerprint density at radius 3 is 2.55 bits per heavy atom. The molecule has 0 saturated heterocycles. The van der Waals surface area contributed by atoms with Crippen molar-refractivity contribution in [2.75, 3.05) is 7.11 Å². The number of benzene rings is 2. The van der Waals surface area contributed by atoms with E-state index in [0.29, 0.717) is 0 Å². The summed E-state index contributed by atoms with van der Waals surface area (Å²) in [4.78, 5) is 11.1. The Morgan fingerprint density at radius 1 is 1.25 bits per heavy atom. The van der Waals surface area contributed by atoms with Crippen LogP contribution in [0.1, 0.15) is 15.9 Å². The lowest BCUT2D eigenvalue weighted by Crippen LogP contribution is -2.00.